The van der Waals surface area contributed by atoms with Gasteiger partial charge in [-0.3, -0.25) is 9.59 Å². The van der Waals surface area contributed by atoms with Crippen molar-refractivity contribution < 1.29 is 14.3 Å². The molecule has 0 saturated heterocycles. The van der Waals surface area contributed by atoms with Crippen molar-refractivity contribution in [1.82, 2.24) is 5.32 Å². The number of amides is 1. The lowest BCUT2D eigenvalue weighted by atomic mass is 9.91. The summed E-state index contributed by atoms with van der Waals surface area (Å²) in [6.07, 6.45) is 0. The Morgan fingerprint density at radius 3 is 1.79 bits per heavy atom. The second kappa shape index (κ2) is 3.98. The van der Waals surface area contributed by atoms with Gasteiger partial charge in [0.25, 0.3) is 0 Å². The number of hydrogen-bond donors (Lipinski definition) is 1. The molecule has 1 amide bonds. The molecule has 1 N–H and O–H groups in total. The highest BCUT2D eigenvalue weighted by Gasteiger charge is 2.38. The van der Waals surface area contributed by atoms with E-state index in [1.54, 1.807) is 13.8 Å². The van der Waals surface area contributed by atoms with Gasteiger partial charge in [0.1, 0.15) is 5.41 Å². The Labute approximate surface area is 85.0 Å². The molecule has 4 nitrogen and oxygen atoms in total. The Hall–Kier alpha value is -1.06. The fourth-order valence-electron chi connectivity index (χ4n) is 0.845. The molecule has 0 atom stereocenters. The van der Waals surface area contributed by atoms with E-state index < -0.39 is 11.4 Å². The summed E-state index contributed by atoms with van der Waals surface area (Å²) >= 11 is 0. The van der Waals surface area contributed by atoms with Gasteiger partial charge < -0.3 is 10.1 Å². The molecule has 0 heterocycles. The van der Waals surface area contributed by atoms with E-state index in [0.717, 1.165) is 0 Å². The van der Waals surface area contributed by atoms with Gasteiger partial charge in [0.05, 0.1) is 7.11 Å². The first-order valence-corrected chi connectivity index (χ1v) is 4.52. The van der Waals surface area contributed by atoms with Crippen LogP contribution < -0.4 is 5.32 Å². The number of esters is 1. The predicted octanol–water partition coefficient (Wildman–Crippen LogP) is 1.10. The second-order valence-electron chi connectivity index (χ2n) is 4.82. The largest absolute Gasteiger partial charge is 0.468 e. The topological polar surface area (TPSA) is 55.4 Å². The molecule has 0 aliphatic carbocycles. The van der Waals surface area contributed by atoms with Gasteiger partial charge in [-0.05, 0) is 34.6 Å². The molecule has 14 heavy (non-hydrogen) atoms. The van der Waals surface area contributed by atoms with Crippen LogP contribution in [0.1, 0.15) is 34.6 Å². The van der Waals surface area contributed by atoms with Crippen molar-refractivity contribution in [3.8, 4) is 0 Å². The van der Waals surface area contributed by atoms with Crippen LogP contribution in [-0.4, -0.2) is 24.5 Å². The van der Waals surface area contributed by atoms with Crippen LogP contribution in [0.4, 0.5) is 0 Å². The fourth-order valence-corrected chi connectivity index (χ4v) is 0.845. The minimum Gasteiger partial charge on any atom is -0.468 e. The van der Waals surface area contributed by atoms with E-state index in [1.807, 2.05) is 20.8 Å². The van der Waals surface area contributed by atoms with Crippen molar-refractivity contribution in [3.05, 3.63) is 0 Å². The van der Waals surface area contributed by atoms with Crippen molar-refractivity contribution in [2.24, 2.45) is 5.41 Å². The van der Waals surface area contributed by atoms with Gasteiger partial charge in [0, 0.05) is 5.54 Å². The molecule has 0 bridgehead atoms. The maximum atomic E-state index is 11.7. The molecule has 0 fully saturated rings. The van der Waals surface area contributed by atoms with Gasteiger partial charge in [-0.25, -0.2) is 0 Å². The Morgan fingerprint density at radius 2 is 1.50 bits per heavy atom. The number of carbonyl (C=O) groups is 2. The van der Waals surface area contributed by atoms with Crippen molar-refractivity contribution >= 4 is 11.9 Å². The maximum absolute atomic E-state index is 11.7. The average Bonchev–Trinajstić information content (AvgIpc) is 1.99. The third-order valence-electron chi connectivity index (χ3n) is 1.75. The standard InChI is InChI=1S/C10H19NO3/c1-9(2,3)11-7(12)10(4,5)8(13)14-6/h1-6H3,(H,11,12). The molecule has 0 aromatic rings. The highest BCUT2D eigenvalue weighted by molar-refractivity contribution is 6.01. The quantitative estimate of drug-likeness (QED) is 0.537. The Balaban J connectivity index is 4.60. The molecule has 0 saturated carbocycles. The van der Waals surface area contributed by atoms with Crippen LogP contribution in [0.25, 0.3) is 0 Å². The molecule has 0 aliphatic heterocycles. The SMILES string of the molecule is COC(=O)C(C)(C)C(=O)NC(C)(C)C. The zero-order valence-electron chi connectivity index (χ0n) is 9.72. The van der Waals surface area contributed by atoms with E-state index in [2.05, 4.69) is 10.1 Å². The van der Waals surface area contributed by atoms with E-state index in [0.29, 0.717) is 0 Å². The van der Waals surface area contributed by atoms with Gasteiger partial charge in [-0.1, -0.05) is 0 Å². The number of nitrogens with one attached hydrogen (secondary N) is 1. The highest BCUT2D eigenvalue weighted by atomic mass is 16.5. The number of hydrogen-bond acceptors (Lipinski definition) is 3. The second-order valence-corrected chi connectivity index (χ2v) is 4.82. The van der Waals surface area contributed by atoms with Crippen molar-refractivity contribution in [2.75, 3.05) is 7.11 Å². The lowest BCUT2D eigenvalue weighted by molar-refractivity contribution is -0.156. The van der Waals surface area contributed by atoms with Crippen LogP contribution in [0.5, 0.6) is 0 Å². The van der Waals surface area contributed by atoms with Gasteiger partial charge in [0.2, 0.25) is 5.91 Å². The summed E-state index contributed by atoms with van der Waals surface area (Å²) in [4.78, 5) is 22.9. The van der Waals surface area contributed by atoms with E-state index in [9.17, 15) is 9.59 Å². The lowest BCUT2D eigenvalue weighted by Gasteiger charge is -2.27. The lowest BCUT2D eigenvalue weighted by Crippen LogP contribution is -2.50. The molecule has 0 radical (unpaired) electrons. The van der Waals surface area contributed by atoms with Gasteiger partial charge in [0.15, 0.2) is 0 Å². The molecule has 0 unspecified atom stereocenters. The van der Waals surface area contributed by atoms with E-state index in [-0.39, 0.29) is 11.4 Å². The Bertz CT molecular complexity index is 238. The predicted molar refractivity (Wildman–Crippen MR) is 53.7 cm³/mol. The van der Waals surface area contributed by atoms with Gasteiger partial charge in [-0.2, -0.15) is 0 Å². The summed E-state index contributed by atoms with van der Waals surface area (Å²) in [5, 5.41) is 2.73. The Kier molecular flexibility index (Phi) is 3.68. The zero-order chi connectivity index (χ0) is 11.6. The number of ether oxygens (including phenoxy) is 1. The van der Waals surface area contributed by atoms with Crippen molar-refractivity contribution in [2.45, 2.75) is 40.2 Å². The molecular formula is C10H19NO3. The monoisotopic (exact) mass is 201 g/mol. The first-order chi connectivity index (χ1) is 6.11. The van der Waals surface area contributed by atoms with E-state index >= 15 is 0 Å². The third-order valence-corrected chi connectivity index (χ3v) is 1.75. The smallest absolute Gasteiger partial charge is 0.320 e. The molecule has 0 rings (SSSR count). The van der Waals surface area contributed by atoms with Crippen LogP contribution >= 0.6 is 0 Å². The van der Waals surface area contributed by atoms with Crippen molar-refractivity contribution in [1.29, 1.82) is 0 Å². The number of methoxy groups -OCH3 is 1. The van der Waals surface area contributed by atoms with Crippen LogP contribution in [0.15, 0.2) is 0 Å². The number of rotatable bonds is 2. The molecule has 0 aromatic heterocycles. The maximum Gasteiger partial charge on any atom is 0.320 e. The Morgan fingerprint density at radius 1 is 1.07 bits per heavy atom. The molecule has 0 aliphatic rings. The normalized spacial score (nSPS) is 12.1. The highest BCUT2D eigenvalue weighted by Crippen LogP contribution is 2.18. The van der Waals surface area contributed by atoms with Crippen LogP contribution in [0.2, 0.25) is 0 Å². The molecule has 82 valence electrons. The molecule has 0 spiro atoms. The minimum absolute atomic E-state index is 0.322. The fraction of sp³-hybridized carbons (Fsp3) is 0.800. The van der Waals surface area contributed by atoms with Crippen LogP contribution in [0.3, 0.4) is 0 Å². The molecule has 4 heteroatoms. The van der Waals surface area contributed by atoms with Gasteiger partial charge >= 0.3 is 5.97 Å². The first-order valence-electron chi connectivity index (χ1n) is 4.52. The van der Waals surface area contributed by atoms with E-state index in [1.165, 1.54) is 7.11 Å². The number of carbonyl (C=O) groups excluding carboxylic acids is 2. The van der Waals surface area contributed by atoms with E-state index in [4.69, 9.17) is 0 Å². The zero-order valence-corrected chi connectivity index (χ0v) is 9.72. The molecule has 0 aromatic carbocycles. The first kappa shape index (κ1) is 12.9. The third kappa shape index (κ3) is 3.36. The van der Waals surface area contributed by atoms with Gasteiger partial charge in [-0.15, -0.1) is 0 Å². The van der Waals surface area contributed by atoms with Crippen molar-refractivity contribution in [3.63, 3.8) is 0 Å². The summed E-state index contributed by atoms with van der Waals surface area (Å²) in [5.41, 5.74) is -1.48. The summed E-state index contributed by atoms with van der Waals surface area (Å²) in [6.45, 7) is 8.66. The summed E-state index contributed by atoms with van der Waals surface area (Å²) in [7, 11) is 1.27. The summed E-state index contributed by atoms with van der Waals surface area (Å²) in [5.74, 6) is -0.851. The average molecular weight is 201 g/mol. The van der Waals surface area contributed by atoms with Crippen LogP contribution in [-0.2, 0) is 14.3 Å². The minimum atomic E-state index is -1.14. The van der Waals surface area contributed by atoms with Crippen LogP contribution in [0, 0.1) is 5.41 Å². The summed E-state index contributed by atoms with van der Waals surface area (Å²) < 4.78 is 4.55. The summed E-state index contributed by atoms with van der Waals surface area (Å²) in [6, 6.07) is 0. The molecular weight excluding hydrogens is 182 g/mol.